The van der Waals surface area contributed by atoms with Crippen LogP contribution in [0.4, 0.5) is 0 Å². The van der Waals surface area contributed by atoms with Gasteiger partial charge in [-0.15, -0.1) is 0 Å². The van der Waals surface area contributed by atoms with Crippen LogP contribution in [0.25, 0.3) is 0 Å². The number of likely N-dealkylation sites (N-methyl/N-ethyl adjacent to an activating group) is 1. The van der Waals surface area contributed by atoms with Crippen LogP contribution in [0.1, 0.15) is 37.3 Å². The van der Waals surface area contributed by atoms with Gasteiger partial charge in [0, 0.05) is 12.1 Å². The Morgan fingerprint density at radius 3 is 2.69 bits per heavy atom. The molecule has 0 amide bonds. The maximum Gasteiger partial charge on any atom is 0.0352 e. The van der Waals surface area contributed by atoms with Crippen molar-refractivity contribution < 1.29 is 0 Å². The molecule has 1 atom stereocenters. The highest BCUT2D eigenvalue weighted by atomic mass is 15.1. The average molecular weight is 218 g/mol. The normalized spacial score (nSPS) is 22.6. The van der Waals surface area contributed by atoms with Crippen molar-refractivity contribution in [2.75, 3.05) is 20.1 Å². The topological polar surface area (TPSA) is 29.3 Å². The van der Waals surface area contributed by atoms with E-state index in [9.17, 15) is 0 Å². The molecule has 1 unspecified atom stereocenters. The minimum atomic E-state index is -0.236. The highest BCUT2D eigenvalue weighted by Crippen LogP contribution is 2.28. The Hall–Kier alpha value is -0.860. The van der Waals surface area contributed by atoms with Crippen LogP contribution < -0.4 is 5.73 Å². The number of benzene rings is 1. The summed E-state index contributed by atoms with van der Waals surface area (Å²) >= 11 is 0. The van der Waals surface area contributed by atoms with Crippen LogP contribution in [-0.4, -0.2) is 25.0 Å². The van der Waals surface area contributed by atoms with Gasteiger partial charge in [0.1, 0.15) is 0 Å². The maximum atomic E-state index is 6.14. The van der Waals surface area contributed by atoms with Crippen LogP contribution in [0.3, 0.4) is 0 Å². The number of hydrogen-bond acceptors (Lipinski definition) is 2. The molecular formula is C14H22N2. The lowest BCUT2D eigenvalue weighted by molar-refractivity contribution is 0.411. The zero-order valence-electron chi connectivity index (χ0n) is 10.5. The van der Waals surface area contributed by atoms with E-state index in [1.807, 2.05) is 0 Å². The first-order valence-corrected chi connectivity index (χ1v) is 6.04. The van der Waals surface area contributed by atoms with E-state index in [1.54, 1.807) is 0 Å². The fourth-order valence-corrected chi connectivity index (χ4v) is 2.40. The quantitative estimate of drug-likeness (QED) is 0.825. The summed E-state index contributed by atoms with van der Waals surface area (Å²) in [4.78, 5) is 2.39. The first-order chi connectivity index (χ1) is 7.47. The molecule has 0 aliphatic carbocycles. The summed E-state index contributed by atoms with van der Waals surface area (Å²) < 4.78 is 0. The summed E-state index contributed by atoms with van der Waals surface area (Å²) in [5, 5.41) is 0. The van der Waals surface area contributed by atoms with E-state index in [2.05, 4.69) is 50.1 Å². The van der Waals surface area contributed by atoms with Crippen molar-refractivity contribution in [1.29, 1.82) is 0 Å². The third-order valence-corrected chi connectivity index (χ3v) is 3.49. The smallest absolute Gasteiger partial charge is 0.0352 e. The predicted octanol–water partition coefficient (Wildman–Crippen LogP) is 2.30. The Morgan fingerprint density at radius 2 is 2.12 bits per heavy atom. The second-order valence-corrected chi connectivity index (χ2v) is 5.59. The minimum absolute atomic E-state index is 0.236. The summed E-state index contributed by atoms with van der Waals surface area (Å²) in [7, 11) is 2.19. The van der Waals surface area contributed by atoms with Crippen molar-refractivity contribution in [2.24, 2.45) is 5.73 Å². The lowest BCUT2D eigenvalue weighted by atomic mass is 9.90. The van der Waals surface area contributed by atoms with Gasteiger partial charge < -0.3 is 10.6 Å². The Bertz CT molecular complexity index is 365. The minimum Gasteiger partial charge on any atom is -0.322 e. The second-order valence-electron chi connectivity index (χ2n) is 5.59. The summed E-state index contributed by atoms with van der Waals surface area (Å²) in [6.07, 6.45) is 1.27. The largest absolute Gasteiger partial charge is 0.322 e. The molecule has 0 spiro atoms. The van der Waals surface area contributed by atoms with Crippen LogP contribution >= 0.6 is 0 Å². The molecule has 0 saturated carbocycles. The van der Waals surface area contributed by atoms with Gasteiger partial charge in [-0.2, -0.15) is 0 Å². The summed E-state index contributed by atoms with van der Waals surface area (Å²) in [5.41, 5.74) is 8.59. The molecule has 2 heteroatoms. The van der Waals surface area contributed by atoms with Crippen LogP contribution in [-0.2, 0) is 5.54 Å². The van der Waals surface area contributed by atoms with Gasteiger partial charge in [0.25, 0.3) is 0 Å². The molecule has 1 saturated heterocycles. The van der Waals surface area contributed by atoms with Crippen molar-refractivity contribution in [1.82, 2.24) is 4.90 Å². The van der Waals surface area contributed by atoms with Crippen LogP contribution in [0.15, 0.2) is 24.3 Å². The molecule has 1 fully saturated rings. The van der Waals surface area contributed by atoms with Crippen LogP contribution in [0.5, 0.6) is 0 Å². The molecule has 16 heavy (non-hydrogen) atoms. The molecule has 0 aromatic heterocycles. The van der Waals surface area contributed by atoms with Gasteiger partial charge in [0.15, 0.2) is 0 Å². The lowest BCUT2D eigenvalue weighted by Gasteiger charge is -2.21. The number of rotatable bonds is 2. The van der Waals surface area contributed by atoms with E-state index in [-0.39, 0.29) is 5.54 Å². The zero-order chi connectivity index (χ0) is 11.8. The molecule has 1 heterocycles. The number of nitrogens with zero attached hydrogens (tertiary/aromatic N) is 1. The summed E-state index contributed by atoms with van der Waals surface area (Å²) in [6, 6.07) is 8.78. The average Bonchev–Trinajstić information content (AvgIpc) is 2.64. The van der Waals surface area contributed by atoms with Crippen molar-refractivity contribution in [3.63, 3.8) is 0 Å². The van der Waals surface area contributed by atoms with Crippen molar-refractivity contribution in [2.45, 2.75) is 31.7 Å². The van der Waals surface area contributed by atoms with E-state index in [0.717, 1.165) is 0 Å². The highest BCUT2D eigenvalue weighted by molar-refractivity contribution is 5.31. The molecule has 1 aliphatic rings. The molecule has 1 aliphatic heterocycles. The fourth-order valence-electron chi connectivity index (χ4n) is 2.40. The first-order valence-electron chi connectivity index (χ1n) is 6.04. The Kier molecular flexibility index (Phi) is 3.04. The van der Waals surface area contributed by atoms with Gasteiger partial charge in [-0.3, -0.25) is 0 Å². The van der Waals surface area contributed by atoms with Gasteiger partial charge in [0.2, 0.25) is 0 Å². The summed E-state index contributed by atoms with van der Waals surface area (Å²) in [6.45, 7) is 6.51. The maximum absolute atomic E-state index is 6.14. The molecular weight excluding hydrogens is 196 g/mol. The number of hydrogen-bond donors (Lipinski definition) is 1. The zero-order valence-corrected chi connectivity index (χ0v) is 10.5. The van der Waals surface area contributed by atoms with E-state index in [4.69, 9.17) is 5.73 Å². The van der Waals surface area contributed by atoms with E-state index >= 15 is 0 Å². The predicted molar refractivity (Wildman–Crippen MR) is 68.5 cm³/mol. The van der Waals surface area contributed by atoms with Gasteiger partial charge >= 0.3 is 0 Å². The standard InChI is InChI=1S/C14H22N2/c1-14(2,15)13-6-4-5-11(9-13)12-7-8-16(3)10-12/h4-6,9,12H,7-8,10,15H2,1-3H3. The van der Waals surface area contributed by atoms with Crippen molar-refractivity contribution in [3.8, 4) is 0 Å². The van der Waals surface area contributed by atoms with Crippen molar-refractivity contribution in [3.05, 3.63) is 35.4 Å². The molecule has 0 radical (unpaired) electrons. The van der Waals surface area contributed by atoms with Gasteiger partial charge in [-0.25, -0.2) is 0 Å². The van der Waals surface area contributed by atoms with Gasteiger partial charge in [-0.1, -0.05) is 24.3 Å². The number of nitrogens with two attached hydrogens (primary N) is 1. The first kappa shape index (κ1) is 11.6. The lowest BCUT2D eigenvalue weighted by Crippen LogP contribution is -2.28. The van der Waals surface area contributed by atoms with E-state index < -0.39 is 0 Å². The van der Waals surface area contributed by atoms with Gasteiger partial charge in [-0.05, 0) is 50.9 Å². The third-order valence-electron chi connectivity index (χ3n) is 3.49. The second kappa shape index (κ2) is 4.19. The van der Waals surface area contributed by atoms with Gasteiger partial charge in [0.05, 0.1) is 0 Å². The highest BCUT2D eigenvalue weighted by Gasteiger charge is 2.22. The molecule has 0 bridgehead atoms. The molecule has 2 nitrogen and oxygen atoms in total. The van der Waals surface area contributed by atoms with E-state index in [0.29, 0.717) is 5.92 Å². The van der Waals surface area contributed by atoms with E-state index in [1.165, 1.54) is 30.6 Å². The molecule has 2 N–H and O–H groups in total. The monoisotopic (exact) mass is 218 g/mol. The van der Waals surface area contributed by atoms with Crippen LogP contribution in [0, 0.1) is 0 Å². The Balaban J connectivity index is 2.23. The summed E-state index contributed by atoms with van der Waals surface area (Å²) in [5.74, 6) is 0.687. The van der Waals surface area contributed by atoms with Crippen molar-refractivity contribution >= 4 is 0 Å². The Labute approximate surface area is 98.4 Å². The fraction of sp³-hybridized carbons (Fsp3) is 0.571. The molecule has 1 aromatic rings. The molecule has 88 valence electrons. The SMILES string of the molecule is CN1CCC(c2cccc(C(C)(C)N)c2)C1. The Morgan fingerprint density at radius 1 is 1.38 bits per heavy atom. The molecule has 1 aromatic carbocycles. The van der Waals surface area contributed by atoms with Crippen LogP contribution in [0.2, 0.25) is 0 Å². The number of likely N-dealkylation sites (tertiary alicyclic amines) is 1. The molecule has 2 rings (SSSR count). The third kappa shape index (κ3) is 2.45.